The Morgan fingerprint density at radius 2 is 2.00 bits per heavy atom. The highest BCUT2D eigenvalue weighted by Crippen LogP contribution is 2.30. The van der Waals surface area contributed by atoms with Gasteiger partial charge in [0.25, 0.3) is 0 Å². The molecular weight excluding hydrogens is 160 g/mol. The van der Waals surface area contributed by atoms with Gasteiger partial charge in [-0.05, 0) is 11.6 Å². The summed E-state index contributed by atoms with van der Waals surface area (Å²) in [7, 11) is 0. The molecule has 0 fully saturated rings. The van der Waals surface area contributed by atoms with Gasteiger partial charge < -0.3 is 5.11 Å². The minimum absolute atomic E-state index is 0.144. The minimum atomic E-state index is 0.144. The highest BCUT2D eigenvalue weighted by atomic mass is 35.5. The molecule has 1 N–H and O–H groups in total. The van der Waals surface area contributed by atoms with Crippen molar-refractivity contribution in [2.24, 2.45) is 0 Å². The van der Waals surface area contributed by atoms with E-state index in [1.807, 2.05) is 19.9 Å². The number of hydrogen-bond acceptors (Lipinski definition) is 1. The lowest BCUT2D eigenvalue weighted by molar-refractivity contribution is 0.475. The third-order valence-corrected chi connectivity index (χ3v) is 1.91. The number of hydrogen-bond donors (Lipinski definition) is 1. The van der Waals surface area contributed by atoms with Crippen LogP contribution in [0.1, 0.15) is 19.4 Å². The van der Waals surface area contributed by atoms with Crippen molar-refractivity contribution in [3.8, 4) is 5.75 Å². The predicted molar refractivity (Wildman–Crippen MR) is 46.8 cm³/mol. The van der Waals surface area contributed by atoms with Crippen molar-refractivity contribution in [3.63, 3.8) is 0 Å². The van der Waals surface area contributed by atoms with Crippen molar-refractivity contribution in [2.45, 2.75) is 13.8 Å². The third kappa shape index (κ3) is 1.66. The fourth-order valence-corrected chi connectivity index (χ4v) is 1.22. The molecule has 0 atom stereocenters. The van der Waals surface area contributed by atoms with Crippen LogP contribution in [0.4, 0.5) is 0 Å². The Morgan fingerprint density at radius 1 is 1.36 bits per heavy atom. The molecule has 11 heavy (non-hydrogen) atoms. The van der Waals surface area contributed by atoms with Crippen LogP contribution < -0.4 is 0 Å². The normalized spacial score (nSPS) is 10.5. The molecule has 0 aliphatic rings. The quantitative estimate of drug-likeness (QED) is 0.685. The van der Waals surface area contributed by atoms with Crippen molar-refractivity contribution in [1.29, 1.82) is 0 Å². The summed E-state index contributed by atoms with van der Waals surface area (Å²) in [5.74, 6) is 1.25. The molecule has 1 radical (unpaired) electrons. The lowest BCUT2D eigenvalue weighted by Crippen LogP contribution is -1.88. The second-order valence-corrected chi connectivity index (χ2v) is 3.02. The first kappa shape index (κ1) is 8.41. The number of phenolic OH excluding ortho intramolecular Hbond substituents is 1. The zero-order valence-corrected chi connectivity index (χ0v) is 7.31. The average molecular weight is 170 g/mol. The van der Waals surface area contributed by atoms with E-state index in [2.05, 4.69) is 0 Å². The fraction of sp³-hybridized carbons (Fsp3) is 0.222. The average Bonchev–Trinajstić information content (AvgIpc) is 1.94. The maximum absolute atomic E-state index is 9.20. The molecule has 0 saturated heterocycles. The molecule has 0 amide bonds. The van der Waals surface area contributed by atoms with E-state index in [0.717, 1.165) is 11.5 Å². The summed E-state index contributed by atoms with van der Waals surface area (Å²) in [5, 5.41) is 9.64. The SMILES string of the molecule is C[C](C)c1cccc(O)c1Cl. The summed E-state index contributed by atoms with van der Waals surface area (Å²) in [6.07, 6.45) is 0. The van der Waals surface area contributed by atoms with E-state index >= 15 is 0 Å². The largest absolute Gasteiger partial charge is 0.506 e. The van der Waals surface area contributed by atoms with Gasteiger partial charge >= 0.3 is 0 Å². The summed E-state index contributed by atoms with van der Waals surface area (Å²) >= 11 is 5.82. The van der Waals surface area contributed by atoms with Crippen molar-refractivity contribution >= 4 is 11.6 Å². The van der Waals surface area contributed by atoms with E-state index in [0.29, 0.717) is 5.02 Å². The van der Waals surface area contributed by atoms with Crippen molar-refractivity contribution in [1.82, 2.24) is 0 Å². The maximum atomic E-state index is 9.20. The molecule has 1 rings (SSSR count). The zero-order valence-electron chi connectivity index (χ0n) is 6.56. The van der Waals surface area contributed by atoms with Crippen LogP contribution in [0.3, 0.4) is 0 Å². The van der Waals surface area contributed by atoms with Crippen LogP contribution in [0.15, 0.2) is 18.2 Å². The summed E-state index contributed by atoms with van der Waals surface area (Å²) < 4.78 is 0. The Kier molecular flexibility index (Phi) is 2.40. The van der Waals surface area contributed by atoms with E-state index in [1.54, 1.807) is 12.1 Å². The zero-order chi connectivity index (χ0) is 8.43. The van der Waals surface area contributed by atoms with Crippen LogP contribution in [0.5, 0.6) is 5.75 Å². The summed E-state index contributed by atoms with van der Waals surface area (Å²) in [6.45, 7) is 3.92. The number of phenols is 1. The van der Waals surface area contributed by atoms with Gasteiger partial charge in [-0.1, -0.05) is 37.6 Å². The van der Waals surface area contributed by atoms with Crippen LogP contribution >= 0.6 is 11.6 Å². The molecule has 0 spiro atoms. The van der Waals surface area contributed by atoms with E-state index in [4.69, 9.17) is 11.6 Å². The first-order valence-electron chi connectivity index (χ1n) is 3.41. The first-order chi connectivity index (χ1) is 5.13. The van der Waals surface area contributed by atoms with Gasteiger partial charge in [0.2, 0.25) is 0 Å². The smallest absolute Gasteiger partial charge is 0.134 e. The van der Waals surface area contributed by atoms with E-state index in [1.165, 1.54) is 0 Å². The molecule has 0 heterocycles. The van der Waals surface area contributed by atoms with Crippen molar-refractivity contribution < 1.29 is 5.11 Å². The lowest BCUT2D eigenvalue weighted by Gasteiger charge is -2.07. The Hall–Kier alpha value is -0.690. The molecule has 0 aliphatic heterocycles. The molecule has 1 aromatic rings. The van der Waals surface area contributed by atoms with Crippen LogP contribution in [-0.4, -0.2) is 5.11 Å². The molecule has 0 saturated carbocycles. The summed E-state index contributed by atoms with van der Waals surface area (Å²) in [4.78, 5) is 0. The number of rotatable bonds is 1. The second kappa shape index (κ2) is 3.14. The fourth-order valence-electron chi connectivity index (χ4n) is 0.906. The monoisotopic (exact) mass is 169 g/mol. The van der Waals surface area contributed by atoms with Gasteiger partial charge in [0.15, 0.2) is 0 Å². The summed E-state index contributed by atoms with van der Waals surface area (Å²) in [6, 6.07) is 5.25. The molecule has 0 unspecified atom stereocenters. The number of benzene rings is 1. The van der Waals surface area contributed by atoms with Gasteiger partial charge in [-0.2, -0.15) is 0 Å². The van der Waals surface area contributed by atoms with Gasteiger partial charge in [0.1, 0.15) is 5.75 Å². The van der Waals surface area contributed by atoms with E-state index in [9.17, 15) is 5.11 Å². The Balaban J connectivity index is 3.17. The molecule has 0 aliphatic carbocycles. The Labute approximate surface area is 71.6 Å². The Morgan fingerprint density at radius 3 is 2.45 bits per heavy atom. The Bertz CT molecular complexity index is 256. The second-order valence-electron chi connectivity index (χ2n) is 2.64. The molecular formula is C9H10ClO. The maximum Gasteiger partial charge on any atom is 0.134 e. The van der Waals surface area contributed by atoms with Crippen LogP contribution in [0, 0.1) is 5.92 Å². The number of aromatic hydroxyl groups is 1. The molecule has 0 bridgehead atoms. The topological polar surface area (TPSA) is 20.2 Å². The van der Waals surface area contributed by atoms with Crippen molar-refractivity contribution in [3.05, 3.63) is 34.7 Å². The van der Waals surface area contributed by atoms with Crippen LogP contribution in [-0.2, 0) is 0 Å². The summed E-state index contributed by atoms with van der Waals surface area (Å²) in [5.41, 5.74) is 0.909. The minimum Gasteiger partial charge on any atom is -0.506 e. The van der Waals surface area contributed by atoms with E-state index in [-0.39, 0.29) is 5.75 Å². The molecule has 1 nitrogen and oxygen atoms in total. The highest BCUT2D eigenvalue weighted by molar-refractivity contribution is 6.33. The molecule has 1 aromatic carbocycles. The van der Waals surface area contributed by atoms with E-state index < -0.39 is 0 Å². The standard InChI is InChI=1S/C9H10ClO/c1-6(2)7-4-3-5-8(11)9(7)10/h3-5,11H,1-2H3. The van der Waals surface area contributed by atoms with Gasteiger partial charge in [-0.3, -0.25) is 0 Å². The van der Waals surface area contributed by atoms with Gasteiger partial charge in [0.05, 0.1) is 5.02 Å². The third-order valence-electron chi connectivity index (χ3n) is 1.52. The van der Waals surface area contributed by atoms with Crippen LogP contribution in [0.25, 0.3) is 0 Å². The highest BCUT2D eigenvalue weighted by Gasteiger charge is 2.07. The molecule has 0 aromatic heterocycles. The van der Waals surface area contributed by atoms with Gasteiger partial charge in [0, 0.05) is 5.92 Å². The lowest BCUT2D eigenvalue weighted by atomic mass is 10.0. The predicted octanol–water partition coefficient (Wildman–Crippen LogP) is 3.01. The van der Waals surface area contributed by atoms with Gasteiger partial charge in [-0.15, -0.1) is 0 Å². The number of halogens is 1. The van der Waals surface area contributed by atoms with Crippen LogP contribution in [0.2, 0.25) is 5.02 Å². The molecule has 2 heteroatoms. The van der Waals surface area contributed by atoms with Gasteiger partial charge in [-0.25, -0.2) is 0 Å². The molecule has 59 valence electrons. The van der Waals surface area contributed by atoms with Crippen molar-refractivity contribution in [2.75, 3.05) is 0 Å². The first-order valence-corrected chi connectivity index (χ1v) is 3.78.